The second kappa shape index (κ2) is 5.62. The van der Waals surface area contributed by atoms with Gasteiger partial charge >= 0.3 is 0 Å². The van der Waals surface area contributed by atoms with Gasteiger partial charge in [-0.05, 0) is 30.3 Å². The maximum atomic E-state index is 5.70. The zero-order valence-electron chi connectivity index (χ0n) is 11.6. The van der Waals surface area contributed by atoms with E-state index < -0.39 is 0 Å². The molecule has 0 aliphatic heterocycles. The van der Waals surface area contributed by atoms with Crippen molar-refractivity contribution >= 4 is 0 Å². The molecular weight excluding hydrogens is 270 g/mol. The van der Waals surface area contributed by atoms with Gasteiger partial charge in [0.2, 0.25) is 5.89 Å². The van der Waals surface area contributed by atoms with Crippen LogP contribution in [0.5, 0.6) is 11.5 Å². The third-order valence-electron chi connectivity index (χ3n) is 2.97. The first-order valence-corrected chi connectivity index (χ1v) is 6.28. The summed E-state index contributed by atoms with van der Waals surface area (Å²) in [5.74, 6) is 2.09. The fraction of sp³-hybridized carbons (Fsp3) is 0.133. The highest BCUT2D eigenvalue weighted by Gasteiger charge is 2.15. The summed E-state index contributed by atoms with van der Waals surface area (Å²) in [6.45, 7) is 0. The molecule has 3 rings (SSSR count). The molecule has 0 fully saturated rings. The normalized spacial score (nSPS) is 10.4. The van der Waals surface area contributed by atoms with E-state index in [9.17, 15) is 0 Å². The number of hydrogen-bond acceptors (Lipinski definition) is 6. The number of methoxy groups -OCH3 is 2. The Kier molecular flexibility index (Phi) is 3.51. The summed E-state index contributed by atoms with van der Waals surface area (Å²) in [7, 11) is 3.18. The maximum Gasteiger partial charge on any atom is 0.252 e. The Balaban J connectivity index is 2.04. The van der Waals surface area contributed by atoms with Crippen LogP contribution in [0.3, 0.4) is 0 Å². The van der Waals surface area contributed by atoms with E-state index in [4.69, 9.17) is 13.9 Å². The average Bonchev–Trinajstić information content (AvgIpc) is 3.05. The number of rotatable bonds is 4. The summed E-state index contributed by atoms with van der Waals surface area (Å²) in [5, 5.41) is 8.11. The molecule has 1 aromatic carbocycles. The molecule has 2 heterocycles. The molecule has 0 N–H and O–H groups in total. The number of ether oxygens (including phenoxy) is 2. The second-order valence-electron chi connectivity index (χ2n) is 4.22. The van der Waals surface area contributed by atoms with Gasteiger partial charge in [0.1, 0.15) is 11.5 Å². The van der Waals surface area contributed by atoms with Crippen LogP contribution in [0.1, 0.15) is 0 Å². The molecule has 106 valence electrons. The van der Waals surface area contributed by atoms with E-state index in [1.807, 2.05) is 12.1 Å². The summed E-state index contributed by atoms with van der Waals surface area (Å²) in [6, 6.07) is 9.06. The molecule has 0 amide bonds. The highest BCUT2D eigenvalue weighted by atomic mass is 16.5. The van der Waals surface area contributed by atoms with Crippen molar-refractivity contribution in [2.45, 2.75) is 0 Å². The van der Waals surface area contributed by atoms with Crippen LogP contribution in [0, 0.1) is 0 Å². The van der Waals surface area contributed by atoms with E-state index in [2.05, 4.69) is 15.2 Å². The highest BCUT2D eigenvalue weighted by molar-refractivity contribution is 5.66. The van der Waals surface area contributed by atoms with E-state index in [1.165, 1.54) is 0 Å². The molecule has 21 heavy (non-hydrogen) atoms. The molecule has 0 atom stereocenters. The molecule has 2 aromatic heterocycles. The van der Waals surface area contributed by atoms with E-state index in [-0.39, 0.29) is 0 Å². The molecule has 0 aliphatic carbocycles. The predicted octanol–water partition coefficient (Wildman–Crippen LogP) is 2.82. The van der Waals surface area contributed by atoms with Gasteiger partial charge in [-0.2, -0.15) is 0 Å². The average molecular weight is 283 g/mol. The zero-order chi connectivity index (χ0) is 14.7. The van der Waals surface area contributed by atoms with Crippen molar-refractivity contribution in [3.05, 3.63) is 42.7 Å². The van der Waals surface area contributed by atoms with E-state index in [1.54, 1.807) is 44.8 Å². The van der Waals surface area contributed by atoms with Gasteiger partial charge in [-0.15, -0.1) is 10.2 Å². The first kappa shape index (κ1) is 13.1. The zero-order valence-corrected chi connectivity index (χ0v) is 11.6. The van der Waals surface area contributed by atoms with E-state index in [0.29, 0.717) is 28.8 Å². The highest BCUT2D eigenvalue weighted by Crippen LogP contribution is 2.33. The van der Waals surface area contributed by atoms with Gasteiger partial charge in [-0.25, -0.2) is 0 Å². The van der Waals surface area contributed by atoms with Crippen molar-refractivity contribution in [1.82, 2.24) is 15.2 Å². The standard InChI is InChI=1S/C15H13N3O3/c1-19-11-5-6-13(20-2)12(8-11)15-18-17-14(21-15)10-4-3-7-16-9-10/h3-9H,1-2H3. The Hall–Kier alpha value is -2.89. The van der Waals surface area contributed by atoms with E-state index >= 15 is 0 Å². The van der Waals surface area contributed by atoms with Crippen molar-refractivity contribution in [3.8, 4) is 34.4 Å². The first-order chi connectivity index (χ1) is 10.3. The van der Waals surface area contributed by atoms with Crippen molar-refractivity contribution < 1.29 is 13.9 Å². The number of pyridine rings is 1. The van der Waals surface area contributed by atoms with Crippen molar-refractivity contribution in [2.24, 2.45) is 0 Å². The minimum atomic E-state index is 0.365. The molecular formula is C15H13N3O3. The van der Waals surface area contributed by atoms with E-state index in [0.717, 1.165) is 5.56 Å². The number of nitrogens with zero attached hydrogens (tertiary/aromatic N) is 3. The number of hydrogen-bond donors (Lipinski definition) is 0. The molecule has 0 bridgehead atoms. The largest absolute Gasteiger partial charge is 0.497 e. The third-order valence-corrected chi connectivity index (χ3v) is 2.97. The van der Waals surface area contributed by atoms with Gasteiger partial charge in [0, 0.05) is 12.4 Å². The van der Waals surface area contributed by atoms with Gasteiger partial charge in [0.25, 0.3) is 5.89 Å². The summed E-state index contributed by atoms with van der Waals surface area (Å²) >= 11 is 0. The smallest absolute Gasteiger partial charge is 0.252 e. The second-order valence-corrected chi connectivity index (χ2v) is 4.22. The summed E-state index contributed by atoms with van der Waals surface area (Å²) in [6.07, 6.45) is 3.35. The predicted molar refractivity (Wildman–Crippen MR) is 76.1 cm³/mol. The molecule has 0 spiro atoms. The summed E-state index contributed by atoms with van der Waals surface area (Å²) in [4.78, 5) is 4.03. The first-order valence-electron chi connectivity index (χ1n) is 6.28. The monoisotopic (exact) mass is 283 g/mol. The lowest BCUT2D eigenvalue weighted by Gasteiger charge is -2.07. The van der Waals surface area contributed by atoms with Gasteiger partial charge in [-0.1, -0.05) is 0 Å². The Bertz CT molecular complexity index is 741. The Morgan fingerprint density at radius 3 is 2.57 bits per heavy atom. The molecule has 3 aromatic rings. The van der Waals surface area contributed by atoms with Gasteiger partial charge in [-0.3, -0.25) is 4.98 Å². The molecule has 0 unspecified atom stereocenters. The molecule has 6 nitrogen and oxygen atoms in total. The van der Waals surface area contributed by atoms with Crippen LogP contribution in [0.25, 0.3) is 22.9 Å². The minimum absolute atomic E-state index is 0.365. The van der Waals surface area contributed by atoms with Gasteiger partial charge in [0.05, 0.1) is 25.3 Å². The quantitative estimate of drug-likeness (QED) is 0.733. The molecule has 0 aliphatic rings. The Morgan fingerprint density at radius 1 is 1.00 bits per heavy atom. The SMILES string of the molecule is COc1ccc(OC)c(-c2nnc(-c3cccnc3)o2)c1. The van der Waals surface area contributed by atoms with Gasteiger partial charge < -0.3 is 13.9 Å². The molecule has 0 saturated heterocycles. The fourth-order valence-electron chi connectivity index (χ4n) is 1.92. The van der Waals surface area contributed by atoms with Crippen LogP contribution >= 0.6 is 0 Å². The van der Waals surface area contributed by atoms with Crippen molar-refractivity contribution in [1.29, 1.82) is 0 Å². The summed E-state index contributed by atoms with van der Waals surface area (Å²) < 4.78 is 16.2. The molecule has 6 heteroatoms. The van der Waals surface area contributed by atoms with Gasteiger partial charge in [0.15, 0.2) is 0 Å². The molecule has 0 saturated carbocycles. The third kappa shape index (κ3) is 2.55. The van der Waals surface area contributed by atoms with Crippen LogP contribution in [0.4, 0.5) is 0 Å². The van der Waals surface area contributed by atoms with Crippen LogP contribution in [-0.2, 0) is 0 Å². The van der Waals surface area contributed by atoms with Crippen LogP contribution < -0.4 is 9.47 Å². The lowest BCUT2D eigenvalue weighted by molar-refractivity contribution is 0.403. The lowest BCUT2D eigenvalue weighted by atomic mass is 10.2. The van der Waals surface area contributed by atoms with Crippen LogP contribution in [-0.4, -0.2) is 29.4 Å². The van der Waals surface area contributed by atoms with Crippen molar-refractivity contribution in [3.63, 3.8) is 0 Å². The van der Waals surface area contributed by atoms with Crippen LogP contribution in [0.15, 0.2) is 47.1 Å². The fourth-order valence-corrected chi connectivity index (χ4v) is 1.92. The van der Waals surface area contributed by atoms with Crippen molar-refractivity contribution in [2.75, 3.05) is 14.2 Å². The van der Waals surface area contributed by atoms with Crippen LogP contribution in [0.2, 0.25) is 0 Å². The Morgan fingerprint density at radius 2 is 1.86 bits per heavy atom. The molecule has 0 radical (unpaired) electrons. The topological polar surface area (TPSA) is 70.3 Å². The maximum absolute atomic E-state index is 5.70. The number of aromatic nitrogens is 3. The number of benzene rings is 1. The minimum Gasteiger partial charge on any atom is -0.497 e. The summed E-state index contributed by atoms with van der Waals surface area (Å²) in [5.41, 5.74) is 1.44. The lowest BCUT2D eigenvalue weighted by Crippen LogP contribution is -1.90. The Labute approximate surface area is 121 Å².